The predicted molar refractivity (Wildman–Crippen MR) is 91.7 cm³/mol. The van der Waals surface area contributed by atoms with E-state index < -0.39 is 0 Å². The highest BCUT2D eigenvalue weighted by Gasteiger charge is 2.26. The van der Waals surface area contributed by atoms with E-state index in [1.165, 1.54) is 0 Å². The SMILES string of the molecule is Cc1cc(C(=O)N2CCc3cnc(N4CCOCC4)nc3C2)c(C)o1. The lowest BCUT2D eigenvalue weighted by Crippen LogP contribution is -2.39. The molecule has 1 saturated heterocycles. The summed E-state index contributed by atoms with van der Waals surface area (Å²) >= 11 is 0. The highest BCUT2D eigenvalue weighted by Crippen LogP contribution is 2.23. The smallest absolute Gasteiger partial charge is 0.257 e. The van der Waals surface area contributed by atoms with E-state index in [9.17, 15) is 4.79 Å². The van der Waals surface area contributed by atoms with Gasteiger partial charge in [-0.25, -0.2) is 9.97 Å². The fourth-order valence-corrected chi connectivity index (χ4v) is 3.40. The first-order chi connectivity index (χ1) is 12.1. The molecule has 0 spiro atoms. The van der Waals surface area contributed by atoms with Crippen LogP contribution in [0.3, 0.4) is 0 Å². The number of fused-ring (bicyclic) bond motifs is 1. The predicted octanol–water partition coefficient (Wildman–Crippen LogP) is 1.72. The molecule has 4 rings (SSSR count). The molecule has 0 unspecified atom stereocenters. The zero-order valence-corrected chi connectivity index (χ0v) is 14.6. The molecule has 0 saturated carbocycles. The van der Waals surface area contributed by atoms with Gasteiger partial charge in [0.2, 0.25) is 5.95 Å². The van der Waals surface area contributed by atoms with Gasteiger partial charge in [0.25, 0.3) is 5.91 Å². The lowest BCUT2D eigenvalue weighted by Gasteiger charge is -2.30. The molecule has 1 fully saturated rings. The molecular formula is C18H22N4O3. The Balaban J connectivity index is 1.55. The van der Waals surface area contributed by atoms with Crippen LogP contribution in [-0.2, 0) is 17.7 Å². The maximum Gasteiger partial charge on any atom is 0.257 e. The molecule has 25 heavy (non-hydrogen) atoms. The van der Waals surface area contributed by atoms with Gasteiger partial charge in [-0.3, -0.25) is 4.79 Å². The molecule has 7 heteroatoms. The second-order valence-corrected chi connectivity index (χ2v) is 6.54. The van der Waals surface area contributed by atoms with Gasteiger partial charge in [-0.15, -0.1) is 0 Å². The van der Waals surface area contributed by atoms with Crippen LogP contribution < -0.4 is 4.90 Å². The van der Waals surface area contributed by atoms with E-state index in [0.29, 0.717) is 37.6 Å². The molecule has 1 amide bonds. The Morgan fingerprint density at radius 2 is 2.00 bits per heavy atom. The standard InChI is InChI=1S/C18H22N4O3/c1-12-9-15(13(2)25-12)17(23)22-4-3-14-10-19-18(20-16(14)11-22)21-5-7-24-8-6-21/h9-10H,3-8,11H2,1-2H3. The average Bonchev–Trinajstić information content (AvgIpc) is 2.99. The van der Waals surface area contributed by atoms with E-state index in [0.717, 1.165) is 42.5 Å². The first kappa shape index (κ1) is 16.1. The molecule has 2 aromatic rings. The third-order valence-corrected chi connectivity index (χ3v) is 4.79. The fraction of sp³-hybridized carbons (Fsp3) is 0.500. The highest BCUT2D eigenvalue weighted by atomic mass is 16.5. The van der Waals surface area contributed by atoms with Crippen molar-refractivity contribution in [1.82, 2.24) is 14.9 Å². The molecule has 2 aromatic heterocycles. The number of hydrogen-bond donors (Lipinski definition) is 0. The molecule has 132 valence electrons. The van der Waals surface area contributed by atoms with Gasteiger partial charge < -0.3 is 19.0 Å². The second kappa shape index (κ2) is 6.48. The zero-order valence-electron chi connectivity index (χ0n) is 14.6. The molecule has 2 aliphatic heterocycles. The number of furan rings is 1. The molecule has 0 aliphatic carbocycles. The number of aryl methyl sites for hydroxylation is 2. The van der Waals surface area contributed by atoms with Crippen molar-refractivity contribution in [2.24, 2.45) is 0 Å². The molecular weight excluding hydrogens is 320 g/mol. The Morgan fingerprint density at radius 1 is 1.20 bits per heavy atom. The van der Waals surface area contributed by atoms with Crippen LogP contribution >= 0.6 is 0 Å². The van der Waals surface area contributed by atoms with Gasteiger partial charge in [-0.2, -0.15) is 0 Å². The van der Waals surface area contributed by atoms with Crippen LogP contribution in [0.4, 0.5) is 5.95 Å². The summed E-state index contributed by atoms with van der Waals surface area (Å²) in [7, 11) is 0. The molecule has 0 bridgehead atoms. The Bertz CT molecular complexity index is 796. The Hall–Kier alpha value is -2.41. The van der Waals surface area contributed by atoms with Crippen LogP contribution in [0.1, 0.15) is 33.1 Å². The summed E-state index contributed by atoms with van der Waals surface area (Å²) in [6, 6.07) is 1.81. The minimum absolute atomic E-state index is 0.00605. The summed E-state index contributed by atoms with van der Waals surface area (Å²) in [5.74, 6) is 2.17. The summed E-state index contributed by atoms with van der Waals surface area (Å²) in [6.45, 7) is 7.87. The maximum absolute atomic E-state index is 12.8. The molecule has 0 radical (unpaired) electrons. The van der Waals surface area contributed by atoms with Crippen LogP contribution in [0.15, 0.2) is 16.7 Å². The molecule has 0 atom stereocenters. The Morgan fingerprint density at radius 3 is 2.72 bits per heavy atom. The summed E-state index contributed by atoms with van der Waals surface area (Å²) in [6.07, 6.45) is 2.68. The van der Waals surface area contributed by atoms with E-state index in [4.69, 9.17) is 14.1 Å². The number of carbonyl (C=O) groups excluding carboxylic acids is 1. The van der Waals surface area contributed by atoms with Gasteiger partial charge in [0, 0.05) is 25.8 Å². The summed E-state index contributed by atoms with van der Waals surface area (Å²) in [5.41, 5.74) is 2.71. The normalized spacial score (nSPS) is 17.5. The Labute approximate surface area is 146 Å². The summed E-state index contributed by atoms with van der Waals surface area (Å²) in [4.78, 5) is 26.0. The van der Waals surface area contributed by atoms with Gasteiger partial charge in [0.1, 0.15) is 11.5 Å². The van der Waals surface area contributed by atoms with Crippen LogP contribution in [0.5, 0.6) is 0 Å². The largest absolute Gasteiger partial charge is 0.466 e. The van der Waals surface area contributed by atoms with Crippen molar-refractivity contribution in [3.05, 3.63) is 40.6 Å². The molecule has 0 N–H and O–H groups in total. The van der Waals surface area contributed by atoms with Crippen LogP contribution in [-0.4, -0.2) is 53.6 Å². The van der Waals surface area contributed by atoms with Gasteiger partial charge in [-0.1, -0.05) is 0 Å². The van der Waals surface area contributed by atoms with Gasteiger partial charge in [0.15, 0.2) is 0 Å². The highest BCUT2D eigenvalue weighted by molar-refractivity contribution is 5.95. The van der Waals surface area contributed by atoms with Crippen molar-refractivity contribution in [3.63, 3.8) is 0 Å². The van der Waals surface area contributed by atoms with E-state index in [1.807, 2.05) is 31.0 Å². The third kappa shape index (κ3) is 3.11. The van der Waals surface area contributed by atoms with Crippen molar-refractivity contribution < 1.29 is 13.9 Å². The van der Waals surface area contributed by atoms with Gasteiger partial charge >= 0.3 is 0 Å². The van der Waals surface area contributed by atoms with Crippen LogP contribution in [0.2, 0.25) is 0 Å². The number of anilines is 1. The third-order valence-electron chi connectivity index (χ3n) is 4.79. The maximum atomic E-state index is 12.8. The number of ether oxygens (including phenoxy) is 1. The number of hydrogen-bond acceptors (Lipinski definition) is 6. The van der Waals surface area contributed by atoms with Crippen molar-refractivity contribution in [1.29, 1.82) is 0 Å². The van der Waals surface area contributed by atoms with E-state index in [-0.39, 0.29) is 5.91 Å². The minimum atomic E-state index is 0.00605. The Kier molecular flexibility index (Phi) is 4.17. The summed E-state index contributed by atoms with van der Waals surface area (Å²) in [5, 5.41) is 0. The lowest BCUT2D eigenvalue weighted by atomic mass is 10.1. The van der Waals surface area contributed by atoms with Crippen LogP contribution in [0, 0.1) is 13.8 Å². The summed E-state index contributed by atoms with van der Waals surface area (Å²) < 4.78 is 10.9. The van der Waals surface area contributed by atoms with Crippen molar-refractivity contribution >= 4 is 11.9 Å². The molecule has 0 aromatic carbocycles. The van der Waals surface area contributed by atoms with Crippen molar-refractivity contribution in [2.75, 3.05) is 37.7 Å². The first-order valence-electron chi connectivity index (χ1n) is 8.65. The second-order valence-electron chi connectivity index (χ2n) is 6.54. The van der Waals surface area contributed by atoms with Crippen molar-refractivity contribution in [2.45, 2.75) is 26.8 Å². The van der Waals surface area contributed by atoms with Gasteiger partial charge in [-0.05, 0) is 31.9 Å². The molecule has 2 aliphatic rings. The number of morpholine rings is 1. The van der Waals surface area contributed by atoms with Crippen LogP contribution in [0.25, 0.3) is 0 Å². The van der Waals surface area contributed by atoms with E-state index in [2.05, 4.69) is 9.88 Å². The number of rotatable bonds is 2. The lowest BCUT2D eigenvalue weighted by molar-refractivity contribution is 0.0730. The number of carbonyl (C=O) groups is 1. The van der Waals surface area contributed by atoms with E-state index in [1.54, 1.807) is 0 Å². The van der Waals surface area contributed by atoms with E-state index >= 15 is 0 Å². The fourth-order valence-electron chi connectivity index (χ4n) is 3.40. The zero-order chi connectivity index (χ0) is 17.4. The minimum Gasteiger partial charge on any atom is -0.466 e. The quantitative estimate of drug-likeness (QED) is 0.828. The topological polar surface area (TPSA) is 71.7 Å². The van der Waals surface area contributed by atoms with Crippen molar-refractivity contribution in [3.8, 4) is 0 Å². The first-order valence-corrected chi connectivity index (χ1v) is 8.65. The average molecular weight is 342 g/mol. The van der Waals surface area contributed by atoms with Gasteiger partial charge in [0.05, 0.1) is 31.0 Å². The molecule has 4 heterocycles. The number of amides is 1. The number of nitrogens with zero attached hydrogens (tertiary/aromatic N) is 4. The molecule has 7 nitrogen and oxygen atoms in total. The monoisotopic (exact) mass is 342 g/mol. The number of aromatic nitrogens is 2.